The minimum Gasteiger partial charge on any atom is -0.493 e. The van der Waals surface area contributed by atoms with Crippen LogP contribution in [0.5, 0.6) is 5.75 Å². The van der Waals surface area contributed by atoms with Gasteiger partial charge in [0.15, 0.2) is 0 Å². The number of rotatable bonds is 14. The predicted molar refractivity (Wildman–Crippen MR) is 155 cm³/mol. The number of esters is 1. The molecule has 1 aliphatic rings. The van der Waals surface area contributed by atoms with Crippen LogP contribution in [-0.4, -0.2) is 38.1 Å². The van der Waals surface area contributed by atoms with E-state index in [1.54, 1.807) is 7.11 Å². The predicted octanol–water partition coefficient (Wildman–Crippen LogP) is 7.41. The molecule has 0 aromatic heterocycles. The number of methoxy groups -OCH3 is 1. The topological polar surface area (TPSA) is 57.1 Å². The number of aliphatic imine (C=N–C) groups is 1. The average molecular weight is 522 g/mol. The second-order valence-corrected chi connectivity index (χ2v) is 11.4. The molecule has 0 aliphatic carbocycles. The van der Waals surface area contributed by atoms with Gasteiger partial charge in [0.1, 0.15) is 11.9 Å². The number of carbonyl (C=O) groups excluding carboxylic acids is 1. The van der Waals surface area contributed by atoms with Crippen molar-refractivity contribution in [3.8, 4) is 5.75 Å². The first-order valence-electron chi connectivity index (χ1n) is 14.2. The number of carbonyl (C=O) groups is 1. The van der Waals surface area contributed by atoms with Crippen LogP contribution in [0.1, 0.15) is 76.6 Å². The molecule has 5 nitrogen and oxygen atoms in total. The summed E-state index contributed by atoms with van der Waals surface area (Å²) in [6.07, 6.45) is 3.05. The Hall–Kier alpha value is -2.66. The summed E-state index contributed by atoms with van der Waals surface area (Å²) < 4.78 is 17.2. The van der Waals surface area contributed by atoms with Crippen molar-refractivity contribution in [1.82, 2.24) is 0 Å². The lowest BCUT2D eigenvalue weighted by Crippen LogP contribution is -2.27. The van der Waals surface area contributed by atoms with Crippen LogP contribution >= 0.6 is 0 Å². The van der Waals surface area contributed by atoms with Crippen LogP contribution in [0.3, 0.4) is 0 Å². The molecular formula is C33H47NO4. The van der Waals surface area contributed by atoms with Gasteiger partial charge in [-0.3, -0.25) is 9.79 Å². The van der Waals surface area contributed by atoms with Crippen molar-refractivity contribution in [3.05, 3.63) is 65.2 Å². The smallest absolute Gasteiger partial charge is 0.310 e. The number of hydrogen-bond donors (Lipinski definition) is 0. The van der Waals surface area contributed by atoms with Gasteiger partial charge in [-0.05, 0) is 67.2 Å². The van der Waals surface area contributed by atoms with Crippen molar-refractivity contribution >= 4 is 11.7 Å². The molecule has 2 aromatic rings. The molecule has 5 heteroatoms. The second-order valence-electron chi connectivity index (χ2n) is 11.4. The molecule has 3 rings (SSSR count). The highest BCUT2D eigenvalue weighted by Crippen LogP contribution is 2.33. The Balaban J connectivity index is 1.83. The fourth-order valence-corrected chi connectivity index (χ4v) is 5.10. The molecule has 0 radical (unpaired) electrons. The Morgan fingerprint density at radius 2 is 1.79 bits per heavy atom. The van der Waals surface area contributed by atoms with E-state index >= 15 is 0 Å². The third kappa shape index (κ3) is 8.42. The van der Waals surface area contributed by atoms with E-state index in [2.05, 4.69) is 84.0 Å². The van der Waals surface area contributed by atoms with E-state index in [0.717, 1.165) is 36.3 Å². The molecule has 0 spiro atoms. The first-order chi connectivity index (χ1) is 18.2. The maximum absolute atomic E-state index is 12.7. The minimum atomic E-state index is -0.250. The number of aryl methyl sites for hydroxylation is 1. The lowest BCUT2D eigenvalue weighted by Gasteiger charge is -2.25. The summed E-state index contributed by atoms with van der Waals surface area (Å²) in [6, 6.07) is 16.9. The van der Waals surface area contributed by atoms with Crippen LogP contribution in [0.2, 0.25) is 0 Å². The Kier molecular flexibility index (Phi) is 11.4. The van der Waals surface area contributed by atoms with Gasteiger partial charge in [0, 0.05) is 26.6 Å². The third-order valence-electron chi connectivity index (χ3n) is 7.76. The number of cyclic esters (lactones) is 1. The molecule has 208 valence electrons. The van der Waals surface area contributed by atoms with E-state index in [-0.39, 0.29) is 30.0 Å². The summed E-state index contributed by atoms with van der Waals surface area (Å²) in [5.41, 5.74) is 4.59. The SMILES string of the molecule is COCCCOc1cc(C[C@@H](C/C(=N/[C@@H](C)c2ccccc2)C2C[C@@H](C(C)C)C(=O)O2)C(C)C)ccc1C. The monoisotopic (exact) mass is 521 g/mol. The van der Waals surface area contributed by atoms with Gasteiger partial charge in [0.25, 0.3) is 0 Å². The van der Waals surface area contributed by atoms with Crippen molar-refractivity contribution in [2.45, 2.75) is 79.4 Å². The van der Waals surface area contributed by atoms with Crippen LogP contribution in [0.15, 0.2) is 53.5 Å². The lowest BCUT2D eigenvalue weighted by molar-refractivity contribution is -0.143. The highest BCUT2D eigenvalue weighted by Gasteiger charge is 2.39. The number of ether oxygens (including phenoxy) is 3. The van der Waals surface area contributed by atoms with Crippen molar-refractivity contribution in [1.29, 1.82) is 0 Å². The second kappa shape index (κ2) is 14.5. The van der Waals surface area contributed by atoms with E-state index in [4.69, 9.17) is 19.2 Å². The Morgan fingerprint density at radius 1 is 1.05 bits per heavy atom. The zero-order chi connectivity index (χ0) is 27.7. The Morgan fingerprint density at radius 3 is 2.42 bits per heavy atom. The maximum atomic E-state index is 12.7. The molecule has 1 unspecified atom stereocenters. The minimum absolute atomic E-state index is 0.00212. The molecule has 0 amide bonds. The van der Waals surface area contributed by atoms with Crippen LogP contribution in [-0.2, 0) is 20.7 Å². The van der Waals surface area contributed by atoms with Gasteiger partial charge in [-0.1, -0.05) is 70.2 Å². The highest BCUT2D eigenvalue weighted by atomic mass is 16.6. The summed E-state index contributed by atoms with van der Waals surface area (Å²) in [7, 11) is 1.71. The standard InChI is InChI=1S/C33H47NO4/c1-22(2)28(18-26-15-14-24(5)31(19-26)37-17-11-16-36-7)20-30(32-21-29(23(3)4)33(35)38-32)34-25(6)27-12-9-8-10-13-27/h8-10,12-15,19,22-23,25,28-29,32H,11,16-18,20-21H2,1-7H3/b34-30-/t25-,28-,29-,32?/m0/s1. The number of hydrogen-bond acceptors (Lipinski definition) is 5. The molecule has 4 atom stereocenters. The van der Waals surface area contributed by atoms with Crippen LogP contribution in [0.4, 0.5) is 0 Å². The normalized spacial score (nSPS) is 19.6. The zero-order valence-electron chi connectivity index (χ0n) is 24.4. The van der Waals surface area contributed by atoms with Crippen LogP contribution in [0, 0.1) is 30.6 Å². The van der Waals surface area contributed by atoms with Gasteiger partial charge in [0.05, 0.1) is 24.3 Å². The first-order valence-corrected chi connectivity index (χ1v) is 14.2. The molecule has 38 heavy (non-hydrogen) atoms. The van der Waals surface area contributed by atoms with Crippen molar-refractivity contribution in [2.24, 2.45) is 28.7 Å². The van der Waals surface area contributed by atoms with Crippen molar-refractivity contribution in [3.63, 3.8) is 0 Å². The first kappa shape index (κ1) is 29.9. The summed E-state index contributed by atoms with van der Waals surface area (Å²) in [5.74, 6) is 1.85. The van der Waals surface area contributed by atoms with Crippen LogP contribution in [0.25, 0.3) is 0 Å². The van der Waals surface area contributed by atoms with Gasteiger partial charge >= 0.3 is 5.97 Å². The van der Waals surface area contributed by atoms with Gasteiger partial charge < -0.3 is 14.2 Å². The fourth-order valence-electron chi connectivity index (χ4n) is 5.10. The summed E-state index contributed by atoms with van der Waals surface area (Å²) in [6.45, 7) is 14.3. The Bertz CT molecular complexity index is 1050. The molecule has 1 fully saturated rings. The summed E-state index contributed by atoms with van der Waals surface area (Å²) >= 11 is 0. The zero-order valence-corrected chi connectivity index (χ0v) is 24.4. The van der Waals surface area contributed by atoms with Crippen LogP contribution < -0.4 is 4.74 Å². The summed E-state index contributed by atoms with van der Waals surface area (Å²) in [4.78, 5) is 17.9. The van der Waals surface area contributed by atoms with Gasteiger partial charge in [-0.15, -0.1) is 0 Å². The third-order valence-corrected chi connectivity index (χ3v) is 7.76. The molecule has 1 saturated heterocycles. The van der Waals surface area contributed by atoms with E-state index in [1.165, 1.54) is 11.1 Å². The average Bonchev–Trinajstić information content (AvgIpc) is 3.29. The van der Waals surface area contributed by atoms with E-state index in [1.807, 2.05) is 6.07 Å². The number of nitrogens with zero attached hydrogens (tertiary/aromatic N) is 1. The van der Waals surface area contributed by atoms with Crippen molar-refractivity contribution in [2.75, 3.05) is 20.3 Å². The summed E-state index contributed by atoms with van der Waals surface area (Å²) in [5, 5.41) is 0. The lowest BCUT2D eigenvalue weighted by atomic mass is 9.82. The largest absolute Gasteiger partial charge is 0.493 e. The van der Waals surface area contributed by atoms with E-state index in [9.17, 15) is 4.79 Å². The van der Waals surface area contributed by atoms with E-state index in [0.29, 0.717) is 31.5 Å². The molecule has 2 aromatic carbocycles. The maximum Gasteiger partial charge on any atom is 0.310 e. The fraction of sp³-hybridized carbons (Fsp3) is 0.576. The van der Waals surface area contributed by atoms with E-state index < -0.39 is 0 Å². The van der Waals surface area contributed by atoms with Gasteiger partial charge in [-0.2, -0.15) is 0 Å². The molecular weight excluding hydrogens is 474 g/mol. The van der Waals surface area contributed by atoms with Gasteiger partial charge in [-0.25, -0.2) is 0 Å². The number of benzene rings is 2. The molecule has 0 saturated carbocycles. The Labute approximate surface area is 230 Å². The van der Waals surface area contributed by atoms with Crippen molar-refractivity contribution < 1.29 is 19.0 Å². The molecule has 1 heterocycles. The highest BCUT2D eigenvalue weighted by molar-refractivity contribution is 5.93. The van der Waals surface area contributed by atoms with Gasteiger partial charge in [0.2, 0.25) is 0 Å². The molecule has 1 aliphatic heterocycles. The quantitative estimate of drug-likeness (QED) is 0.148. The molecule has 0 N–H and O–H groups in total. The molecule has 0 bridgehead atoms.